The summed E-state index contributed by atoms with van der Waals surface area (Å²) in [4.78, 5) is 29.8. The molecule has 0 saturated carbocycles. The van der Waals surface area contributed by atoms with E-state index in [-0.39, 0.29) is 29.7 Å². The Balaban J connectivity index is 2.26. The molecule has 0 aliphatic heterocycles. The van der Waals surface area contributed by atoms with E-state index in [1.54, 1.807) is 36.4 Å². The summed E-state index contributed by atoms with van der Waals surface area (Å²) in [5.41, 5.74) is -1.47. The Morgan fingerprint density at radius 1 is 0.971 bits per heavy atom. The standard InChI is InChI=1S/C24H24F3NO6/c1-16(28-34-23(2,22(30)32-4)18-11-6-5-7-12-18)33-15-17-10-8-9-13-19(17)20(21(29)31-3)14-24(25,26)27/h5-14H,15H2,1-4H3/b20-14+,28-16+. The molecule has 34 heavy (non-hydrogen) atoms. The van der Waals surface area contributed by atoms with E-state index in [9.17, 15) is 22.8 Å². The maximum Gasteiger partial charge on any atom is 0.410 e. The summed E-state index contributed by atoms with van der Waals surface area (Å²) in [5, 5.41) is 3.85. The minimum Gasteiger partial charge on any atom is -0.474 e. The molecule has 0 aliphatic rings. The number of halogens is 3. The second-order valence-corrected chi connectivity index (χ2v) is 7.13. The normalized spacial score (nSPS) is 14.1. The molecule has 1 atom stereocenters. The zero-order chi connectivity index (χ0) is 25.4. The van der Waals surface area contributed by atoms with Gasteiger partial charge in [0, 0.05) is 18.6 Å². The van der Waals surface area contributed by atoms with Crippen molar-refractivity contribution in [3.63, 3.8) is 0 Å². The van der Waals surface area contributed by atoms with Crippen LogP contribution in [-0.4, -0.2) is 38.2 Å². The second-order valence-electron chi connectivity index (χ2n) is 7.13. The number of alkyl halides is 3. The van der Waals surface area contributed by atoms with E-state index < -0.39 is 29.3 Å². The monoisotopic (exact) mass is 479 g/mol. The van der Waals surface area contributed by atoms with Gasteiger partial charge in [-0.2, -0.15) is 13.2 Å². The van der Waals surface area contributed by atoms with Gasteiger partial charge in [0.25, 0.3) is 5.60 Å². The highest BCUT2D eigenvalue weighted by atomic mass is 19.4. The summed E-state index contributed by atoms with van der Waals surface area (Å²) in [6.07, 6.45) is -4.86. The molecule has 1 unspecified atom stereocenters. The predicted molar refractivity (Wildman–Crippen MR) is 117 cm³/mol. The predicted octanol–water partition coefficient (Wildman–Crippen LogP) is 4.76. The van der Waals surface area contributed by atoms with Crippen LogP contribution in [0.25, 0.3) is 5.57 Å². The lowest BCUT2D eigenvalue weighted by molar-refractivity contribution is -0.169. The molecule has 0 aliphatic carbocycles. The van der Waals surface area contributed by atoms with Gasteiger partial charge in [0.1, 0.15) is 6.61 Å². The van der Waals surface area contributed by atoms with Crippen molar-refractivity contribution in [2.24, 2.45) is 5.16 Å². The molecule has 0 aromatic heterocycles. The maximum atomic E-state index is 13.0. The lowest BCUT2D eigenvalue weighted by Crippen LogP contribution is -2.35. The molecule has 10 heteroatoms. The Kier molecular flexibility index (Phi) is 8.83. The molecule has 2 aromatic rings. The summed E-state index contributed by atoms with van der Waals surface area (Å²) in [6, 6.07) is 14.5. The van der Waals surface area contributed by atoms with Crippen molar-refractivity contribution in [3.05, 3.63) is 77.4 Å². The largest absolute Gasteiger partial charge is 0.474 e. The number of esters is 2. The van der Waals surface area contributed by atoms with E-state index in [1.807, 2.05) is 0 Å². The first-order chi connectivity index (χ1) is 16.0. The average Bonchev–Trinajstić information content (AvgIpc) is 2.83. The number of benzene rings is 2. The molecule has 182 valence electrons. The SMILES string of the molecule is COC(=O)/C(=C/C(F)(F)F)c1ccccc1CO/C(C)=N/OC(C)(C(=O)OC)c1ccccc1. The van der Waals surface area contributed by atoms with Crippen LogP contribution in [0.4, 0.5) is 13.2 Å². The fourth-order valence-electron chi connectivity index (χ4n) is 2.95. The summed E-state index contributed by atoms with van der Waals surface area (Å²) >= 11 is 0. The fraction of sp³-hybridized carbons (Fsp3) is 0.292. The molecule has 0 spiro atoms. The van der Waals surface area contributed by atoms with Crippen LogP contribution in [0.2, 0.25) is 0 Å². The van der Waals surface area contributed by atoms with E-state index in [1.165, 1.54) is 39.2 Å². The molecular formula is C24H24F3NO6. The number of ether oxygens (including phenoxy) is 3. The van der Waals surface area contributed by atoms with E-state index >= 15 is 0 Å². The Morgan fingerprint density at radius 3 is 2.18 bits per heavy atom. The highest BCUT2D eigenvalue weighted by molar-refractivity contribution is 6.17. The summed E-state index contributed by atoms with van der Waals surface area (Å²) in [6.45, 7) is 2.68. The number of hydrogen-bond acceptors (Lipinski definition) is 7. The molecular weight excluding hydrogens is 455 g/mol. The molecule has 0 saturated heterocycles. The molecule has 2 rings (SSSR count). The highest BCUT2D eigenvalue weighted by Crippen LogP contribution is 2.29. The van der Waals surface area contributed by atoms with Crippen LogP contribution in [0, 0.1) is 0 Å². The fourth-order valence-corrected chi connectivity index (χ4v) is 2.95. The third kappa shape index (κ3) is 6.84. The van der Waals surface area contributed by atoms with Crippen molar-refractivity contribution < 1.29 is 41.8 Å². The van der Waals surface area contributed by atoms with Gasteiger partial charge in [-0.15, -0.1) is 0 Å². The van der Waals surface area contributed by atoms with Gasteiger partial charge in [0.05, 0.1) is 19.8 Å². The summed E-state index contributed by atoms with van der Waals surface area (Å²) < 4.78 is 53.8. The van der Waals surface area contributed by atoms with Crippen molar-refractivity contribution in [1.29, 1.82) is 0 Å². The Bertz CT molecular complexity index is 1070. The quantitative estimate of drug-likeness (QED) is 0.179. The molecule has 0 bridgehead atoms. The van der Waals surface area contributed by atoms with E-state index in [0.29, 0.717) is 5.56 Å². The van der Waals surface area contributed by atoms with E-state index in [4.69, 9.17) is 14.3 Å². The number of nitrogens with zero attached hydrogens (tertiary/aromatic N) is 1. The topological polar surface area (TPSA) is 83.4 Å². The molecule has 2 aromatic carbocycles. The van der Waals surface area contributed by atoms with Gasteiger partial charge < -0.3 is 19.0 Å². The van der Waals surface area contributed by atoms with Crippen molar-refractivity contribution in [2.45, 2.75) is 32.2 Å². The number of carbonyl (C=O) groups excluding carboxylic acids is 2. The van der Waals surface area contributed by atoms with Crippen LogP contribution < -0.4 is 0 Å². The lowest BCUT2D eigenvalue weighted by atomic mass is 9.96. The molecule has 0 N–H and O–H groups in total. The van der Waals surface area contributed by atoms with Gasteiger partial charge in [0.15, 0.2) is 0 Å². The molecule has 7 nitrogen and oxygen atoms in total. The Labute approximate surface area is 194 Å². The van der Waals surface area contributed by atoms with Crippen LogP contribution in [-0.2, 0) is 40.8 Å². The van der Waals surface area contributed by atoms with Gasteiger partial charge in [-0.3, -0.25) is 0 Å². The van der Waals surface area contributed by atoms with E-state index in [0.717, 1.165) is 7.11 Å². The number of allylic oxidation sites excluding steroid dienone is 1. The van der Waals surface area contributed by atoms with Gasteiger partial charge in [-0.05, 0) is 18.1 Å². The van der Waals surface area contributed by atoms with E-state index in [2.05, 4.69) is 9.89 Å². The van der Waals surface area contributed by atoms with Gasteiger partial charge in [0.2, 0.25) is 5.90 Å². The van der Waals surface area contributed by atoms with Crippen molar-refractivity contribution >= 4 is 23.4 Å². The zero-order valence-electron chi connectivity index (χ0n) is 19.0. The zero-order valence-corrected chi connectivity index (χ0v) is 19.0. The number of rotatable bonds is 8. The molecule has 0 radical (unpaired) electrons. The van der Waals surface area contributed by atoms with Crippen molar-refractivity contribution in [1.82, 2.24) is 0 Å². The number of hydrogen-bond donors (Lipinski definition) is 0. The van der Waals surface area contributed by atoms with Gasteiger partial charge >= 0.3 is 18.1 Å². The smallest absolute Gasteiger partial charge is 0.410 e. The van der Waals surface area contributed by atoms with Crippen LogP contribution in [0.15, 0.2) is 65.8 Å². The highest BCUT2D eigenvalue weighted by Gasteiger charge is 2.40. The molecule has 0 amide bonds. The van der Waals surface area contributed by atoms with Crippen LogP contribution in [0.3, 0.4) is 0 Å². The number of carbonyl (C=O) groups is 2. The number of methoxy groups -OCH3 is 2. The molecule has 0 fully saturated rings. The van der Waals surface area contributed by atoms with Crippen LogP contribution >= 0.6 is 0 Å². The van der Waals surface area contributed by atoms with Gasteiger partial charge in [-0.25, -0.2) is 9.59 Å². The average molecular weight is 479 g/mol. The first kappa shape index (κ1) is 26.4. The van der Waals surface area contributed by atoms with Crippen LogP contribution in [0.1, 0.15) is 30.5 Å². The summed E-state index contributed by atoms with van der Waals surface area (Å²) in [7, 11) is 2.20. The Hall–Kier alpha value is -3.82. The third-order valence-electron chi connectivity index (χ3n) is 4.71. The van der Waals surface area contributed by atoms with Crippen molar-refractivity contribution in [3.8, 4) is 0 Å². The summed E-state index contributed by atoms with van der Waals surface area (Å²) in [5.74, 6) is -1.85. The Morgan fingerprint density at radius 2 is 1.59 bits per heavy atom. The minimum absolute atomic E-state index is 0.0101. The second kappa shape index (κ2) is 11.4. The van der Waals surface area contributed by atoms with Gasteiger partial charge in [-0.1, -0.05) is 59.8 Å². The molecule has 0 heterocycles. The number of oxime groups is 1. The third-order valence-corrected chi connectivity index (χ3v) is 4.71. The first-order valence-electron chi connectivity index (χ1n) is 9.97. The minimum atomic E-state index is -4.74. The first-order valence-corrected chi connectivity index (χ1v) is 9.97. The maximum absolute atomic E-state index is 13.0. The van der Waals surface area contributed by atoms with Crippen molar-refractivity contribution in [2.75, 3.05) is 14.2 Å². The lowest BCUT2D eigenvalue weighted by Gasteiger charge is -2.24. The van der Waals surface area contributed by atoms with Crippen LogP contribution in [0.5, 0.6) is 0 Å².